The van der Waals surface area contributed by atoms with Crippen molar-refractivity contribution in [2.45, 2.75) is 85.2 Å². The smallest absolute Gasteiger partial charge is 0.261 e. The number of hydrogen-bond acceptors (Lipinski definition) is 4. The van der Waals surface area contributed by atoms with Crippen molar-refractivity contribution in [3.8, 4) is 0 Å². The number of imide groups is 2. The molecule has 7 heteroatoms. The molecule has 0 radical (unpaired) electrons. The Hall–Kier alpha value is -4.83. The molecule has 0 saturated carbocycles. The van der Waals surface area contributed by atoms with Crippen LogP contribution in [0.25, 0.3) is 47.9 Å². The van der Waals surface area contributed by atoms with Crippen LogP contribution in [0.4, 0.5) is 5.69 Å². The molecular weight excluding hydrogens is 562 g/mol. The van der Waals surface area contributed by atoms with Gasteiger partial charge in [0, 0.05) is 45.1 Å². The second-order valence-electron chi connectivity index (χ2n) is 12.8. The van der Waals surface area contributed by atoms with Crippen LogP contribution in [0.15, 0.2) is 36.4 Å². The van der Waals surface area contributed by atoms with E-state index in [1.807, 2.05) is 39.0 Å². The van der Waals surface area contributed by atoms with Crippen molar-refractivity contribution >= 4 is 72.4 Å². The number of carbonyl (C=O) groups is 4. The average Bonchev–Trinajstić information content (AvgIpc) is 3.03. The zero-order valence-electron chi connectivity index (χ0n) is 26.3. The molecule has 2 aliphatic heterocycles. The molecule has 7 rings (SSSR count). The molecule has 0 aromatic heterocycles. The highest BCUT2D eigenvalue weighted by molar-refractivity contribution is 6.43. The lowest BCUT2D eigenvalue weighted by molar-refractivity contribution is 0.0527. The number of rotatable bonds is 8. The SMILES string of the molecule is [C-]#[N+]c1cc2c3c(ccc4c5c(C)cc6c7c(ccc(c1c34)c75)C(=O)N(C(C)CCCC)C6=O)C(=O)N(C(C)CCCC)C2=O. The van der Waals surface area contributed by atoms with E-state index in [2.05, 4.69) is 18.7 Å². The molecule has 2 aliphatic rings. The minimum absolute atomic E-state index is 0.231. The van der Waals surface area contributed by atoms with Crippen molar-refractivity contribution in [1.82, 2.24) is 9.80 Å². The van der Waals surface area contributed by atoms with Gasteiger partial charge < -0.3 is 0 Å². The molecule has 2 atom stereocenters. The number of aryl methyl sites for hydroxylation is 1. The third-order valence-electron chi connectivity index (χ3n) is 10.0. The van der Waals surface area contributed by atoms with Crippen LogP contribution < -0.4 is 0 Å². The zero-order chi connectivity index (χ0) is 31.9. The number of hydrogen-bond donors (Lipinski definition) is 0. The fourth-order valence-corrected chi connectivity index (χ4v) is 7.83. The zero-order valence-corrected chi connectivity index (χ0v) is 26.3. The lowest BCUT2D eigenvalue weighted by Crippen LogP contribution is -2.46. The molecule has 2 heterocycles. The van der Waals surface area contributed by atoms with Gasteiger partial charge in [-0.1, -0.05) is 51.7 Å². The van der Waals surface area contributed by atoms with Crippen molar-refractivity contribution < 1.29 is 19.2 Å². The van der Waals surface area contributed by atoms with E-state index in [9.17, 15) is 19.2 Å². The van der Waals surface area contributed by atoms with Gasteiger partial charge in [-0.25, -0.2) is 4.85 Å². The van der Waals surface area contributed by atoms with Crippen LogP contribution in [0.2, 0.25) is 0 Å². The van der Waals surface area contributed by atoms with E-state index < -0.39 is 0 Å². The molecular formula is C38H35N3O4. The summed E-state index contributed by atoms with van der Waals surface area (Å²) in [5, 5.41) is 5.71. The number of benzene rings is 5. The van der Waals surface area contributed by atoms with E-state index in [4.69, 9.17) is 6.57 Å². The van der Waals surface area contributed by atoms with E-state index in [1.165, 1.54) is 9.80 Å². The summed E-state index contributed by atoms with van der Waals surface area (Å²) in [6.07, 6.45) is 5.20. The lowest BCUT2D eigenvalue weighted by atomic mass is 9.80. The fraction of sp³-hybridized carbons (Fsp3) is 0.342. The van der Waals surface area contributed by atoms with E-state index in [-0.39, 0.29) is 35.7 Å². The first-order valence-corrected chi connectivity index (χ1v) is 16.0. The Bertz CT molecular complexity index is 2190. The van der Waals surface area contributed by atoms with Crippen LogP contribution >= 0.6 is 0 Å². The summed E-state index contributed by atoms with van der Waals surface area (Å²) in [5.41, 5.74) is 2.97. The normalized spacial score (nSPS) is 16.1. The summed E-state index contributed by atoms with van der Waals surface area (Å²) in [4.78, 5) is 62.5. The van der Waals surface area contributed by atoms with Crippen molar-refractivity contribution in [1.29, 1.82) is 0 Å². The van der Waals surface area contributed by atoms with Crippen molar-refractivity contribution in [3.05, 3.63) is 75.6 Å². The molecule has 226 valence electrons. The lowest BCUT2D eigenvalue weighted by Gasteiger charge is -2.34. The molecule has 2 unspecified atom stereocenters. The Labute approximate surface area is 261 Å². The Morgan fingerprint density at radius 1 is 0.622 bits per heavy atom. The van der Waals surface area contributed by atoms with E-state index in [0.717, 1.165) is 59.2 Å². The summed E-state index contributed by atoms with van der Waals surface area (Å²) >= 11 is 0. The first-order chi connectivity index (χ1) is 21.7. The maximum atomic E-state index is 14.0. The molecule has 0 N–H and O–H groups in total. The molecule has 0 bridgehead atoms. The molecule has 0 spiro atoms. The van der Waals surface area contributed by atoms with Crippen LogP contribution in [0.1, 0.15) is 113 Å². The number of nitrogens with zero attached hydrogens (tertiary/aromatic N) is 3. The summed E-state index contributed by atoms with van der Waals surface area (Å²) in [6.45, 7) is 18.2. The summed E-state index contributed by atoms with van der Waals surface area (Å²) in [7, 11) is 0. The second kappa shape index (κ2) is 10.4. The predicted molar refractivity (Wildman–Crippen MR) is 178 cm³/mol. The van der Waals surface area contributed by atoms with Gasteiger partial charge in [-0.15, -0.1) is 0 Å². The first-order valence-electron chi connectivity index (χ1n) is 16.0. The molecule has 5 aromatic rings. The Balaban J connectivity index is 1.56. The maximum absolute atomic E-state index is 14.0. The average molecular weight is 598 g/mol. The van der Waals surface area contributed by atoms with Crippen LogP contribution in [0, 0.1) is 13.5 Å². The van der Waals surface area contributed by atoms with Gasteiger partial charge >= 0.3 is 0 Å². The van der Waals surface area contributed by atoms with Crippen LogP contribution in [0.3, 0.4) is 0 Å². The third-order valence-corrected chi connectivity index (χ3v) is 10.0. The fourth-order valence-electron chi connectivity index (χ4n) is 7.83. The van der Waals surface area contributed by atoms with Gasteiger partial charge in [0.1, 0.15) is 0 Å². The maximum Gasteiger partial charge on any atom is 0.261 e. The summed E-state index contributed by atoms with van der Waals surface area (Å²) < 4.78 is 0. The number of fused-ring (bicyclic) bond motifs is 2. The van der Waals surface area contributed by atoms with Gasteiger partial charge in [0.25, 0.3) is 23.6 Å². The number of unbranched alkanes of at least 4 members (excludes halogenated alkanes) is 2. The molecule has 5 aromatic carbocycles. The van der Waals surface area contributed by atoms with Gasteiger partial charge in [0.05, 0.1) is 6.57 Å². The van der Waals surface area contributed by atoms with Crippen molar-refractivity contribution in [2.24, 2.45) is 0 Å². The third kappa shape index (κ3) is 3.81. The minimum atomic E-state index is -0.369. The quantitative estimate of drug-likeness (QED) is 0.0774. The molecule has 0 aliphatic carbocycles. The van der Waals surface area contributed by atoms with Gasteiger partial charge in [-0.05, 0) is 95.8 Å². The van der Waals surface area contributed by atoms with Gasteiger partial charge in [-0.2, -0.15) is 0 Å². The summed E-state index contributed by atoms with van der Waals surface area (Å²) in [6, 6.07) is 10.4. The van der Waals surface area contributed by atoms with E-state index in [0.29, 0.717) is 55.9 Å². The second-order valence-corrected chi connectivity index (χ2v) is 12.8. The summed E-state index contributed by atoms with van der Waals surface area (Å²) in [5.74, 6) is -1.28. The standard InChI is InChI=1S/C38H35N3O4/c1-7-9-11-20(4)40-35(42)24-16-14-23-32-28(39-6)18-27-31-25(36(43)41(38(27)45)21(5)12-10-8-2)15-13-22(34(31)32)29-19(3)17-26(37(40)44)30(24)33(23)29/h13-18,20-21H,7-12H2,1-5H3. The minimum Gasteiger partial charge on any atom is -0.272 e. The Kier molecular flexibility index (Phi) is 6.67. The highest BCUT2D eigenvalue weighted by Crippen LogP contribution is 2.50. The number of carbonyl (C=O) groups excluding carboxylic acids is 4. The molecule has 4 amide bonds. The molecule has 7 nitrogen and oxygen atoms in total. The monoisotopic (exact) mass is 597 g/mol. The highest BCUT2D eigenvalue weighted by atomic mass is 16.2. The van der Waals surface area contributed by atoms with Crippen LogP contribution in [0.5, 0.6) is 0 Å². The Morgan fingerprint density at radius 3 is 1.56 bits per heavy atom. The van der Waals surface area contributed by atoms with Gasteiger partial charge in [0.15, 0.2) is 5.69 Å². The van der Waals surface area contributed by atoms with Crippen LogP contribution in [-0.2, 0) is 0 Å². The first kappa shape index (κ1) is 28.9. The molecule has 0 saturated heterocycles. The topological polar surface area (TPSA) is 79.1 Å². The predicted octanol–water partition coefficient (Wildman–Crippen LogP) is 8.95. The highest BCUT2D eigenvalue weighted by Gasteiger charge is 2.40. The van der Waals surface area contributed by atoms with Gasteiger partial charge in [0.2, 0.25) is 0 Å². The van der Waals surface area contributed by atoms with Gasteiger partial charge in [-0.3, -0.25) is 29.0 Å². The van der Waals surface area contributed by atoms with Crippen molar-refractivity contribution in [3.63, 3.8) is 0 Å². The van der Waals surface area contributed by atoms with Crippen molar-refractivity contribution in [2.75, 3.05) is 0 Å². The number of amides is 4. The van der Waals surface area contributed by atoms with E-state index >= 15 is 0 Å². The largest absolute Gasteiger partial charge is 0.272 e. The van der Waals surface area contributed by atoms with Crippen LogP contribution in [-0.4, -0.2) is 45.5 Å². The molecule has 0 fully saturated rings. The van der Waals surface area contributed by atoms with E-state index in [1.54, 1.807) is 18.2 Å². The molecule has 45 heavy (non-hydrogen) atoms. The Morgan fingerprint density at radius 2 is 1.07 bits per heavy atom.